The molecule has 1 aromatic rings. The minimum atomic E-state index is -3.45. The van der Waals surface area contributed by atoms with Crippen molar-refractivity contribution in [2.45, 2.75) is 4.90 Å². The Morgan fingerprint density at radius 3 is 2.50 bits per heavy atom. The molecule has 0 atom stereocenters. The summed E-state index contributed by atoms with van der Waals surface area (Å²) in [6, 6.07) is 5.60. The maximum absolute atomic E-state index is 12.1. The van der Waals surface area contributed by atoms with E-state index in [-0.39, 0.29) is 22.8 Å². The molecule has 0 aromatic heterocycles. The van der Waals surface area contributed by atoms with E-state index in [4.69, 9.17) is 4.74 Å². The second-order valence-electron chi connectivity index (χ2n) is 5.38. The normalized spacial score (nSPS) is 16.7. The van der Waals surface area contributed by atoms with E-state index in [0.717, 1.165) is 6.26 Å². The molecule has 1 aliphatic rings. The quantitative estimate of drug-likeness (QED) is 0.716. The van der Waals surface area contributed by atoms with Crippen molar-refractivity contribution in [3.8, 4) is 0 Å². The molecule has 1 saturated heterocycles. The summed E-state index contributed by atoms with van der Waals surface area (Å²) in [5.74, 6) is -0.734. The third-order valence-electron chi connectivity index (χ3n) is 3.53. The summed E-state index contributed by atoms with van der Waals surface area (Å²) in [5, 5.41) is 2.50. The number of carbonyl (C=O) groups is 1. The van der Waals surface area contributed by atoms with Gasteiger partial charge in [-0.15, -0.1) is 0 Å². The first-order valence-electron chi connectivity index (χ1n) is 7.34. The highest BCUT2D eigenvalue weighted by molar-refractivity contribution is 7.90. The molecule has 1 aliphatic heterocycles. The molecule has 10 heteroatoms. The van der Waals surface area contributed by atoms with Crippen LogP contribution < -0.4 is 5.32 Å². The Kier molecular flexibility index (Phi) is 5.97. The molecule has 0 saturated carbocycles. The van der Waals surface area contributed by atoms with Crippen molar-refractivity contribution in [3.05, 3.63) is 29.8 Å². The summed E-state index contributed by atoms with van der Waals surface area (Å²) in [6.07, 6.45) is 1.05. The van der Waals surface area contributed by atoms with E-state index in [1.54, 1.807) is 0 Å². The third kappa shape index (κ3) is 5.00. The molecule has 1 amide bonds. The van der Waals surface area contributed by atoms with Crippen LogP contribution in [0.3, 0.4) is 0 Å². The number of rotatable bonds is 6. The highest BCUT2D eigenvalue weighted by atomic mass is 32.2. The van der Waals surface area contributed by atoms with Gasteiger partial charge in [0.25, 0.3) is 5.91 Å². The van der Waals surface area contributed by atoms with E-state index >= 15 is 0 Å². The van der Waals surface area contributed by atoms with Crippen LogP contribution in [0.1, 0.15) is 10.4 Å². The van der Waals surface area contributed by atoms with Crippen LogP contribution in [0.2, 0.25) is 0 Å². The number of morpholine rings is 1. The minimum absolute atomic E-state index is 0.0380. The van der Waals surface area contributed by atoms with E-state index in [9.17, 15) is 21.6 Å². The lowest BCUT2D eigenvalue weighted by Gasteiger charge is -2.26. The number of nitrogens with one attached hydrogen (secondary N) is 1. The fourth-order valence-electron chi connectivity index (χ4n) is 2.22. The Bertz CT molecular complexity index is 798. The fraction of sp³-hybridized carbons (Fsp3) is 0.500. The van der Waals surface area contributed by atoms with E-state index in [0.29, 0.717) is 26.3 Å². The zero-order chi connectivity index (χ0) is 17.8. The van der Waals surface area contributed by atoms with Crippen molar-refractivity contribution in [1.82, 2.24) is 9.62 Å². The van der Waals surface area contributed by atoms with Gasteiger partial charge in [0.15, 0.2) is 9.84 Å². The molecule has 1 N–H and O–H groups in total. The van der Waals surface area contributed by atoms with E-state index < -0.39 is 25.8 Å². The number of benzene rings is 1. The first-order valence-corrected chi connectivity index (χ1v) is 10.8. The second kappa shape index (κ2) is 7.60. The van der Waals surface area contributed by atoms with Gasteiger partial charge in [0.1, 0.15) is 0 Å². The smallest absolute Gasteiger partial charge is 0.251 e. The van der Waals surface area contributed by atoms with Gasteiger partial charge in [-0.1, -0.05) is 6.07 Å². The monoisotopic (exact) mass is 376 g/mol. The number of ether oxygens (including phenoxy) is 1. The van der Waals surface area contributed by atoms with Gasteiger partial charge < -0.3 is 10.1 Å². The molecule has 0 spiro atoms. The first-order chi connectivity index (χ1) is 11.2. The lowest BCUT2D eigenvalue weighted by molar-refractivity contribution is 0.0730. The molecule has 1 aromatic carbocycles. The van der Waals surface area contributed by atoms with Gasteiger partial charge in [0.2, 0.25) is 10.0 Å². The molecule has 0 radical (unpaired) electrons. The van der Waals surface area contributed by atoms with Crippen molar-refractivity contribution in [2.24, 2.45) is 0 Å². The average molecular weight is 376 g/mol. The summed E-state index contributed by atoms with van der Waals surface area (Å²) < 4.78 is 53.7. The number of carbonyl (C=O) groups excluding carboxylic acids is 1. The largest absolute Gasteiger partial charge is 0.379 e. The maximum Gasteiger partial charge on any atom is 0.251 e. The molecule has 0 unspecified atom stereocenters. The van der Waals surface area contributed by atoms with Gasteiger partial charge in [-0.25, -0.2) is 16.8 Å². The molecular weight excluding hydrogens is 356 g/mol. The highest BCUT2D eigenvalue weighted by Crippen LogP contribution is 2.11. The van der Waals surface area contributed by atoms with Crippen molar-refractivity contribution in [1.29, 1.82) is 0 Å². The summed E-state index contributed by atoms with van der Waals surface area (Å²) in [7, 11) is -6.86. The SMILES string of the molecule is CS(=O)(=O)c1cccc(C(=O)NCCS(=O)(=O)N2CCOCC2)c1. The van der Waals surface area contributed by atoms with Crippen LogP contribution >= 0.6 is 0 Å². The van der Waals surface area contributed by atoms with Crippen molar-refractivity contribution >= 4 is 25.8 Å². The number of amides is 1. The molecule has 0 bridgehead atoms. The van der Waals surface area contributed by atoms with Crippen LogP contribution in [-0.4, -0.2) is 71.9 Å². The zero-order valence-electron chi connectivity index (χ0n) is 13.3. The van der Waals surface area contributed by atoms with Gasteiger partial charge in [0, 0.05) is 31.5 Å². The van der Waals surface area contributed by atoms with Gasteiger partial charge in [-0.2, -0.15) is 4.31 Å². The van der Waals surface area contributed by atoms with E-state index in [1.807, 2.05) is 0 Å². The lowest BCUT2D eigenvalue weighted by atomic mass is 10.2. The topological polar surface area (TPSA) is 110 Å². The first kappa shape index (κ1) is 18.8. The molecule has 1 fully saturated rings. The molecule has 134 valence electrons. The Labute approximate surface area is 141 Å². The summed E-state index contributed by atoms with van der Waals surface area (Å²) in [5.41, 5.74) is 0.168. The number of sulfone groups is 1. The Balaban J connectivity index is 1.94. The van der Waals surface area contributed by atoms with Gasteiger partial charge >= 0.3 is 0 Å². The second-order valence-corrected chi connectivity index (χ2v) is 9.49. The summed E-state index contributed by atoms with van der Waals surface area (Å²) >= 11 is 0. The predicted octanol–water partition coefficient (Wildman–Crippen LogP) is -0.518. The van der Waals surface area contributed by atoms with Crippen LogP contribution in [0, 0.1) is 0 Å². The number of sulfonamides is 1. The Morgan fingerprint density at radius 1 is 1.21 bits per heavy atom. The van der Waals surface area contributed by atoms with Crippen LogP contribution in [0.4, 0.5) is 0 Å². The maximum atomic E-state index is 12.1. The van der Waals surface area contributed by atoms with E-state index in [1.165, 1.54) is 28.6 Å². The average Bonchev–Trinajstić information content (AvgIpc) is 2.55. The predicted molar refractivity (Wildman–Crippen MR) is 88.1 cm³/mol. The number of hydrogen-bond donors (Lipinski definition) is 1. The zero-order valence-corrected chi connectivity index (χ0v) is 14.9. The third-order valence-corrected chi connectivity index (χ3v) is 6.52. The minimum Gasteiger partial charge on any atom is -0.379 e. The summed E-state index contributed by atoms with van der Waals surface area (Å²) in [6.45, 7) is 1.30. The van der Waals surface area contributed by atoms with Crippen LogP contribution in [0.25, 0.3) is 0 Å². The molecule has 2 rings (SSSR count). The van der Waals surface area contributed by atoms with Crippen molar-refractivity contribution < 1.29 is 26.4 Å². The van der Waals surface area contributed by atoms with E-state index in [2.05, 4.69) is 5.32 Å². The molecule has 0 aliphatic carbocycles. The summed E-state index contributed by atoms with van der Waals surface area (Å²) in [4.78, 5) is 12.1. The van der Waals surface area contributed by atoms with Crippen molar-refractivity contribution in [2.75, 3.05) is 44.9 Å². The number of nitrogens with zero attached hydrogens (tertiary/aromatic N) is 1. The Morgan fingerprint density at radius 2 is 1.88 bits per heavy atom. The van der Waals surface area contributed by atoms with Crippen LogP contribution in [0.5, 0.6) is 0 Å². The van der Waals surface area contributed by atoms with Gasteiger partial charge in [0.05, 0.1) is 23.9 Å². The van der Waals surface area contributed by atoms with Gasteiger partial charge in [-0.3, -0.25) is 4.79 Å². The Hall–Kier alpha value is -1.49. The van der Waals surface area contributed by atoms with Crippen molar-refractivity contribution in [3.63, 3.8) is 0 Å². The van der Waals surface area contributed by atoms with Gasteiger partial charge in [-0.05, 0) is 18.2 Å². The fourth-order valence-corrected chi connectivity index (χ4v) is 4.21. The molecular formula is C14H20N2O6S2. The molecule has 1 heterocycles. The highest BCUT2D eigenvalue weighted by Gasteiger charge is 2.24. The molecule has 8 nitrogen and oxygen atoms in total. The lowest BCUT2D eigenvalue weighted by Crippen LogP contribution is -2.43. The molecule has 24 heavy (non-hydrogen) atoms. The number of hydrogen-bond acceptors (Lipinski definition) is 6. The van der Waals surface area contributed by atoms with Crippen LogP contribution in [-0.2, 0) is 24.6 Å². The van der Waals surface area contributed by atoms with Crippen LogP contribution in [0.15, 0.2) is 29.2 Å². The standard InChI is InChI=1S/C14H20N2O6S2/c1-23(18,19)13-4-2-3-12(11-13)14(17)15-5-10-24(20,21)16-6-8-22-9-7-16/h2-4,11H,5-10H2,1H3,(H,15,17).